The molecule has 1 aromatic rings. The molecule has 6 heteroatoms. The highest BCUT2D eigenvalue weighted by Gasteiger charge is 2.10. The summed E-state index contributed by atoms with van der Waals surface area (Å²) in [6, 6.07) is 1.26. The molecule has 0 unspecified atom stereocenters. The Bertz CT molecular complexity index is 381. The Kier molecular flexibility index (Phi) is 3.73. The maximum absolute atomic E-state index is 13.0. The third kappa shape index (κ3) is 3.34. The van der Waals surface area contributed by atoms with Crippen molar-refractivity contribution in [2.45, 2.75) is 6.42 Å². The molecule has 0 bridgehead atoms. The molecule has 0 aliphatic carbocycles. The summed E-state index contributed by atoms with van der Waals surface area (Å²) < 4.78 is 13.0. The van der Waals surface area contributed by atoms with Crippen LogP contribution in [0.1, 0.15) is 16.8 Å². The number of halogens is 1. The largest absolute Gasteiger partial charge is 0.370 e. The van der Waals surface area contributed by atoms with Crippen molar-refractivity contribution in [3.63, 3.8) is 0 Å². The van der Waals surface area contributed by atoms with Gasteiger partial charge in [-0.1, -0.05) is 0 Å². The summed E-state index contributed by atoms with van der Waals surface area (Å²) in [4.78, 5) is 25.2. The predicted octanol–water partition coefficient (Wildman–Crippen LogP) is -0.174. The van der Waals surface area contributed by atoms with Crippen LogP contribution in [0.4, 0.5) is 4.39 Å². The molecule has 3 N–H and O–H groups in total. The number of aromatic nitrogens is 1. The number of nitrogens with zero attached hydrogens (tertiary/aromatic N) is 1. The second-order valence-electron chi connectivity index (χ2n) is 2.83. The molecule has 80 valence electrons. The number of rotatable bonds is 4. The molecule has 0 saturated heterocycles. The SMILES string of the molecule is NC(=O)CCNC(=O)c1ccncc1F. The van der Waals surface area contributed by atoms with Crippen molar-refractivity contribution in [3.05, 3.63) is 29.8 Å². The lowest BCUT2D eigenvalue weighted by Gasteiger charge is -2.03. The molecule has 1 rings (SSSR count). The van der Waals surface area contributed by atoms with Crippen molar-refractivity contribution >= 4 is 11.8 Å². The van der Waals surface area contributed by atoms with Gasteiger partial charge in [0.15, 0.2) is 5.82 Å². The third-order valence-corrected chi connectivity index (χ3v) is 1.67. The van der Waals surface area contributed by atoms with E-state index in [2.05, 4.69) is 10.3 Å². The van der Waals surface area contributed by atoms with E-state index in [9.17, 15) is 14.0 Å². The summed E-state index contributed by atoms with van der Waals surface area (Å²) in [5, 5.41) is 2.36. The molecule has 0 spiro atoms. The average molecular weight is 211 g/mol. The van der Waals surface area contributed by atoms with Gasteiger partial charge in [0.2, 0.25) is 5.91 Å². The van der Waals surface area contributed by atoms with Crippen molar-refractivity contribution in [1.82, 2.24) is 10.3 Å². The molecule has 0 aliphatic rings. The van der Waals surface area contributed by atoms with Crippen LogP contribution >= 0.6 is 0 Å². The molecule has 1 aromatic heterocycles. The van der Waals surface area contributed by atoms with Gasteiger partial charge >= 0.3 is 0 Å². The number of nitrogens with two attached hydrogens (primary N) is 1. The number of nitrogens with one attached hydrogen (secondary N) is 1. The van der Waals surface area contributed by atoms with E-state index in [1.807, 2.05) is 0 Å². The molecule has 2 amide bonds. The van der Waals surface area contributed by atoms with Crippen LogP contribution in [-0.2, 0) is 4.79 Å². The highest BCUT2D eigenvalue weighted by Crippen LogP contribution is 2.03. The summed E-state index contributed by atoms with van der Waals surface area (Å²) in [6.45, 7) is 0.0932. The Morgan fingerprint density at radius 2 is 2.27 bits per heavy atom. The molecule has 0 aliphatic heterocycles. The second kappa shape index (κ2) is 5.04. The Morgan fingerprint density at radius 1 is 1.53 bits per heavy atom. The zero-order valence-electron chi connectivity index (χ0n) is 7.87. The van der Waals surface area contributed by atoms with Crippen LogP contribution in [0.5, 0.6) is 0 Å². The molecule has 0 saturated carbocycles. The third-order valence-electron chi connectivity index (χ3n) is 1.67. The van der Waals surface area contributed by atoms with E-state index in [0.717, 1.165) is 6.20 Å². The summed E-state index contributed by atoms with van der Waals surface area (Å²) >= 11 is 0. The smallest absolute Gasteiger partial charge is 0.254 e. The molecule has 1 heterocycles. The number of hydrogen-bond donors (Lipinski definition) is 2. The quantitative estimate of drug-likeness (QED) is 0.724. The zero-order chi connectivity index (χ0) is 11.3. The first kappa shape index (κ1) is 11.1. The van der Waals surface area contributed by atoms with Gasteiger partial charge in [0.25, 0.3) is 5.91 Å². The van der Waals surface area contributed by atoms with Gasteiger partial charge in [-0.15, -0.1) is 0 Å². The van der Waals surface area contributed by atoms with Crippen molar-refractivity contribution in [1.29, 1.82) is 0 Å². The molecule has 5 nitrogen and oxygen atoms in total. The summed E-state index contributed by atoms with van der Waals surface area (Å²) in [5.74, 6) is -1.81. The van der Waals surface area contributed by atoms with E-state index in [4.69, 9.17) is 5.73 Å². The first-order chi connectivity index (χ1) is 7.11. The minimum Gasteiger partial charge on any atom is -0.370 e. The lowest BCUT2D eigenvalue weighted by atomic mass is 10.2. The highest BCUT2D eigenvalue weighted by molar-refractivity contribution is 5.94. The first-order valence-electron chi connectivity index (χ1n) is 4.27. The fourth-order valence-corrected chi connectivity index (χ4v) is 0.954. The lowest BCUT2D eigenvalue weighted by molar-refractivity contribution is -0.117. The maximum Gasteiger partial charge on any atom is 0.254 e. The molecule has 0 radical (unpaired) electrons. The normalized spacial score (nSPS) is 9.67. The van der Waals surface area contributed by atoms with Gasteiger partial charge in [-0.05, 0) is 6.07 Å². The van der Waals surface area contributed by atoms with Crippen LogP contribution in [0.15, 0.2) is 18.5 Å². The van der Waals surface area contributed by atoms with E-state index in [-0.39, 0.29) is 18.5 Å². The van der Waals surface area contributed by atoms with E-state index in [1.54, 1.807) is 0 Å². The number of carbonyl (C=O) groups excluding carboxylic acids is 2. The summed E-state index contributed by atoms with van der Waals surface area (Å²) in [5.41, 5.74) is 4.77. The second-order valence-corrected chi connectivity index (χ2v) is 2.83. The number of hydrogen-bond acceptors (Lipinski definition) is 3. The topological polar surface area (TPSA) is 85.1 Å². The average Bonchev–Trinajstić information content (AvgIpc) is 2.17. The number of amides is 2. The van der Waals surface area contributed by atoms with Gasteiger partial charge in [-0.2, -0.15) is 0 Å². The molecule has 15 heavy (non-hydrogen) atoms. The van der Waals surface area contributed by atoms with Crippen molar-refractivity contribution in [3.8, 4) is 0 Å². The summed E-state index contributed by atoms with van der Waals surface area (Å²) in [6.07, 6.45) is 2.29. The van der Waals surface area contributed by atoms with E-state index in [1.165, 1.54) is 12.3 Å². The van der Waals surface area contributed by atoms with Crippen LogP contribution in [0, 0.1) is 5.82 Å². The Balaban J connectivity index is 2.54. The van der Waals surface area contributed by atoms with Crippen LogP contribution in [0.25, 0.3) is 0 Å². The van der Waals surface area contributed by atoms with Gasteiger partial charge in [0.05, 0.1) is 11.8 Å². The number of pyridine rings is 1. The Hall–Kier alpha value is -1.98. The lowest BCUT2D eigenvalue weighted by Crippen LogP contribution is -2.28. The number of primary amides is 1. The van der Waals surface area contributed by atoms with Crippen LogP contribution < -0.4 is 11.1 Å². The zero-order valence-corrected chi connectivity index (χ0v) is 7.87. The van der Waals surface area contributed by atoms with Crippen molar-refractivity contribution < 1.29 is 14.0 Å². The molecular formula is C9H10FN3O2. The van der Waals surface area contributed by atoms with Crippen LogP contribution in [-0.4, -0.2) is 23.3 Å². The number of carbonyl (C=O) groups is 2. The Labute approximate surface area is 85.5 Å². The first-order valence-corrected chi connectivity index (χ1v) is 4.27. The molecule has 0 fully saturated rings. The van der Waals surface area contributed by atoms with Crippen molar-refractivity contribution in [2.24, 2.45) is 5.73 Å². The van der Waals surface area contributed by atoms with E-state index >= 15 is 0 Å². The highest BCUT2D eigenvalue weighted by atomic mass is 19.1. The van der Waals surface area contributed by atoms with Crippen molar-refractivity contribution in [2.75, 3.05) is 6.54 Å². The summed E-state index contributed by atoms with van der Waals surface area (Å²) in [7, 11) is 0. The van der Waals surface area contributed by atoms with E-state index in [0.29, 0.717) is 0 Å². The maximum atomic E-state index is 13.0. The predicted molar refractivity (Wildman–Crippen MR) is 50.3 cm³/mol. The van der Waals surface area contributed by atoms with E-state index < -0.39 is 17.6 Å². The van der Waals surface area contributed by atoms with Gasteiger partial charge in [-0.3, -0.25) is 14.6 Å². The fraction of sp³-hybridized carbons (Fsp3) is 0.222. The molecule has 0 aromatic carbocycles. The minimum absolute atomic E-state index is 0.0262. The van der Waals surface area contributed by atoms with Gasteiger partial charge in [-0.25, -0.2) is 4.39 Å². The fourth-order valence-electron chi connectivity index (χ4n) is 0.954. The monoisotopic (exact) mass is 211 g/mol. The minimum atomic E-state index is -0.700. The van der Waals surface area contributed by atoms with Crippen LogP contribution in [0.2, 0.25) is 0 Å². The molecular weight excluding hydrogens is 201 g/mol. The Morgan fingerprint density at radius 3 is 2.87 bits per heavy atom. The van der Waals surface area contributed by atoms with Crippen LogP contribution in [0.3, 0.4) is 0 Å². The van der Waals surface area contributed by atoms with Gasteiger partial charge in [0, 0.05) is 19.2 Å². The standard InChI is InChI=1S/C9H10FN3O2/c10-7-5-12-3-1-6(7)9(15)13-4-2-8(11)14/h1,3,5H,2,4H2,(H2,11,14)(H,13,15). The van der Waals surface area contributed by atoms with Gasteiger partial charge in [0.1, 0.15) is 0 Å². The van der Waals surface area contributed by atoms with Gasteiger partial charge < -0.3 is 11.1 Å². The molecule has 0 atom stereocenters.